The number of methoxy groups -OCH3 is 1. The first-order valence-electron chi connectivity index (χ1n) is 13.0. The first-order valence-corrected chi connectivity index (χ1v) is 14.4. The Morgan fingerprint density at radius 1 is 0.800 bits per heavy atom. The van der Waals surface area contributed by atoms with Crippen molar-refractivity contribution in [2.45, 2.75) is 24.3 Å². The van der Waals surface area contributed by atoms with Crippen molar-refractivity contribution < 1.29 is 13.2 Å². The average Bonchev–Trinajstić information content (AvgIpc) is 3.64. The molecule has 8 heteroatoms. The summed E-state index contributed by atoms with van der Waals surface area (Å²) in [5, 5.41) is 9.70. The Morgan fingerprint density at radius 2 is 1.43 bits per heavy atom. The third-order valence-corrected chi connectivity index (χ3v) is 8.73. The van der Waals surface area contributed by atoms with Gasteiger partial charge in [0, 0.05) is 23.7 Å². The maximum atomic E-state index is 14.0. The van der Waals surface area contributed by atoms with E-state index in [2.05, 4.69) is 0 Å². The summed E-state index contributed by atoms with van der Waals surface area (Å²) < 4.78 is 36.5. The monoisotopic (exact) mass is 548 g/mol. The molecule has 0 N–H and O–H groups in total. The number of aryl methyl sites for hydroxylation is 1. The molecule has 1 aromatic heterocycles. The first-order chi connectivity index (χ1) is 19.4. The highest BCUT2D eigenvalue weighted by atomic mass is 32.2. The normalized spacial score (nSPS) is 15.2. The lowest BCUT2D eigenvalue weighted by atomic mass is 9.97. The van der Waals surface area contributed by atoms with Gasteiger partial charge in [-0.3, -0.25) is 0 Å². The number of benzene rings is 4. The SMILES string of the molecule is COc1ccc(-c2nn(-c3ccccc3)cc2[C@@H]2CC(c3ccc(C)cc3)=NN2S(=O)(=O)c2ccccc2)cc1. The van der Waals surface area contributed by atoms with Crippen molar-refractivity contribution in [1.82, 2.24) is 14.2 Å². The molecule has 0 fully saturated rings. The minimum Gasteiger partial charge on any atom is -0.497 e. The van der Waals surface area contributed by atoms with Crippen molar-refractivity contribution in [1.29, 1.82) is 0 Å². The number of hydrogen-bond donors (Lipinski definition) is 0. The predicted octanol–water partition coefficient (Wildman–Crippen LogP) is 6.40. The Kier molecular flexibility index (Phi) is 6.69. The van der Waals surface area contributed by atoms with Crippen LogP contribution >= 0.6 is 0 Å². The van der Waals surface area contributed by atoms with Gasteiger partial charge in [-0.25, -0.2) is 4.68 Å². The number of rotatable bonds is 7. The highest BCUT2D eigenvalue weighted by Gasteiger charge is 2.40. The summed E-state index contributed by atoms with van der Waals surface area (Å²) in [6, 6.07) is 33.3. The van der Waals surface area contributed by atoms with E-state index in [1.807, 2.05) is 92.0 Å². The third kappa shape index (κ3) is 4.78. The van der Waals surface area contributed by atoms with Crippen LogP contribution in [0.15, 0.2) is 125 Å². The Balaban J connectivity index is 1.52. The van der Waals surface area contributed by atoms with Crippen LogP contribution in [-0.4, -0.2) is 35.4 Å². The summed E-state index contributed by atoms with van der Waals surface area (Å²) in [4.78, 5) is 0.190. The van der Waals surface area contributed by atoms with Crippen molar-refractivity contribution in [3.63, 3.8) is 0 Å². The van der Waals surface area contributed by atoms with Gasteiger partial charge < -0.3 is 4.74 Å². The quantitative estimate of drug-likeness (QED) is 0.236. The van der Waals surface area contributed by atoms with Gasteiger partial charge in [0.2, 0.25) is 0 Å². The zero-order chi connectivity index (χ0) is 27.7. The Bertz CT molecular complexity index is 1760. The van der Waals surface area contributed by atoms with E-state index in [1.54, 1.807) is 42.1 Å². The van der Waals surface area contributed by atoms with Crippen LogP contribution in [0, 0.1) is 6.92 Å². The topological polar surface area (TPSA) is 76.8 Å². The largest absolute Gasteiger partial charge is 0.497 e. The van der Waals surface area contributed by atoms with Gasteiger partial charge in [0.15, 0.2) is 0 Å². The van der Waals surface area contributed by atoms with Crippen molar-refractivity contribution in [2.75, 3.05) is 7.11 Å². The van der Waals surface area contributed by atoms with Gasteiger partial charge in [-0.2, -0.15) is 23.0 Å². The van der Waals surface area contributed by atoms with Gasteiger partial charge in [-0.05, 0) is 61.0 Å². The second kappa shape index (κ2) is 10.5. The molecule has 0 amide bonds. The fourth-order valence-corrected chi connectivity index (χ4v) is 6.33. The minimum atomic E-state index is -3.96. The van der Waals surface area contributed by atoms with Crippen LogP contribution in [0.25, 0.3) is 16.9 Å². The molecular formula is C32H28N4O3S. The fourth-order valence-electron chi connectivity index (χ4n) is 4.88. The van der Waals surface area contributed by atoms with Gasteiger partial charge in [-0.15, -0.1) is 0 Å². The van der Waals surface area contributed by atoms with Crippen LogP contribution in [0.4, 0.5) is 0 Å². The number of aromatic nitrogens is 2. The molecule has 5 aromatic rings. The van der Waals surface area contributed by atoms with Crippen LogP contribution < -0.4 is 4.74 Å². The van der Waals surface area contributed by atoms with Crippen LogP contribution in [0.2, 0.25) is 0 Å². The lowest BCUT2D eigenvalue weighted by molar-refractivity contribution is 0.372. The number of hydrogen-bond acceptors (Lipinski definition) is 5. The molecule has 4 aromatic carbocycles. The number of sulfonamides is 1. The van der Waals surface area contributed by atoms with E-state index in [-0.39, 0.29) is 4.90 Å². The van der Waals surface area contributed by atoms with E-state index in [0.29, 0.717) is 17.8 Å². The van der Waals surface area contributed by atoms with Gasteiger partial charge in [-0.1, -0.05) is 66.2 Å². The second-order valence-corrected chi connectivity index (χ2v) is 11.5. The molecule has 1 aliphatic rings. The number of ether oxygens (including phenoxy) is 1. The molecule has 0 aliphatic carbocycles. The summed E-state index contributed by atoms with van der Waals surface area (Å²) in [6.07, 6.45) is 2.32. The Hall–Kier alpha value is -4.69. The molecule has 0 radical (unpaired) electrons. The van der Waals surface area contributed by atoms with Gasteiger partial charge >= 0.3 is 0 Å². The molecule has 200 valence electrons. The summed E-state index contributed by atoms with van der Waals surface area (Å²) in [5.41, 5.74) is 5.90. The second-order valence-electron chi connectivity index (χ2n) is 9.66. The molecule has 0 bridgehead atoms. The minimum absolute atomic E-state index is 0.190. The highest BCUT2D eigenvalue weighted by molar-refractivity contribution is 7.89. The standard InChI is InChI=1S/C32H28N4O3S/c1-23-13-15-24(16-14-23)30-21-31(36(33-30)40(37,38)28-11-7-4-8-12-28)29-22-35(26-9-5-3-6-10-26)34-32(29)25-17-19-27(39-2)20-18-25/h3-20,22,31H,21H2,1-2H3/t31-/m0/s1. The molecule has 0 unspecified atom stereocenters. The summed E-state index contributed by atoms with van der Waals surface area (Å²) in [6.45, 7) is 2.02. The average molecular weight is 549 g/mol. The molecule has 40 heavy (non-hydrogen) atoms. The number of para-hydroxylation sites is 1. The number of hydrazone groups is 1. The van der Waals surface area contributed by atoms with E-state index in [1.165, 1.54) is 4.41 Å². The number of nitrogens with zero attached hydrogens (tertiary/aromatic N) is 4. The van der Waals surface area contributed by atoms with E-state index in [4.69, 9.17) is 14.9 Å². The Morgan fingerprint density at radius 3 is 2.08 bits per heavy atom. The predicted molar refractivity (Wildman–Crippen MR) is 156 cm³/mol. The zero-order valence-electron chi connectivity index (χ0n) is 22.2. The molecule has 0 saturated carbocycles. The Labute approximate surface area is 234 Å². The van der Waals surface area contributed by atoms with Crippen molar-refractivity contribution in [3.8, 4) is 22.7 Å². The van der Waals surface area contributed by atoms with Crippen molar-refractivity contribution in [3.05, 3.63) is 132 Å². The maximum absolute atomic E-state index is 14.0. The van der Waals surface area contributed by atoms with Crippen LogP contribution in [0.1, 0.15) is 29.2 Å². The molecule has 1 atom stereocenters. The molecular weight excluding hydrogens is 520 g/mol. The first kappa shape index (κ1) is 25.6. The smallest absolute Gasteiger partial charge is 0.279 e. The molecule has 7 nitrogen and oxygen atoms in total. The van der Waals surface area contributed by atoms with E-state index < -0.39 is 16.1 Å². The van der Waals surface area contributed by atoms with Crippen molar-refractivity contribution >= 4 is 15.7 Å². The fraction of sp³-hybridized carbons (Fsp3) is 0.125. The summed E-state index contributed by atoms with van der Waals surface area (Å²) in [7, 11) is -2.34. The van der Waals surface area contributed by atoms with Crippen LogP contribution in [0.3, 0.4) is 0 Å². The van der Waals surface area contributed by atoms with Gasteiger partial charge in [0.25, 0.3) is 10.0 Å². The lowest BCUT2D eigenvalue weighted by Crippen LogP contribution is -2.27. The highest BCUT2D eigenvalue weighted by Crippen LogP contribution is 2.41. The maximum Gasteiger partial charge on any atom is 0.279 e. The summed E-state index contributed by atoms with van der Waals surface area (Å²) in [5.74, 6) is 0.729. The van der Waals surface area contributed by atoms with Crippen molar-refractivity contribution in [2.24, 2.45) is 5.10 Å². The third-order valence-electron chi connectivity index (χ3n) is 7.03. The van der Waals surface area contributed by atoms with Gasteiger partial charge in [0.05, 0.1) is 35.1 Å². The molecule has 2 heterocycles. The van der Waals surface area contributed by atoms with E-state index in [9.17, 15) is 8.42 Å². The summed E-state index contributed by atoms with van der Waals surface area (Å²) >= 11 is 0. The lowest BCUT2D eigenvalue weighted by Gasteiger charge is -2.23. The molecule has 0 saturated heterocycles. The van der Waals surface area contributed by atoms with Crippen LogP contribution in [-0.2, 0) is 10.0 Å². The molecule has 6 rings (SSSR count). The van der Waals surface area contributed by atoms with Crippen LogP contribution in [0.5, 0.6) is 5.75 Å². The van der Waals surface area contributed by atoms with Gasteiger partial charge in [0.1, 0.15) is 5.75 Å². The molecule has 0 spiro atoms. The zero-order valence-corrected chi connectivity index (χ0v) is 23.0. The van der Waals surface area contributed by atoms with E-state index >= 15 is 0 Å². The molecule has 1 aliphatic heterocycles. The van der Waals surface area contributed by atoms with E-state index in [0.717, 1.165) is 33.7 Å².